The lowest BCUT2D eigenvalue weighted by Gasteiger charge is -2.32. The van der Waals surface area contributed by atoms with Crippen LogP contribution < -0.4 is 0 Å². The Kier molecular flexibility index (Phi) is 3.94. The lowest BCUT2D eigenvalue weighted by Crippen LogP contribution is -2.51. The topological polar surface area (TPSA) is 57.6 Å². The molecule has 8 heteroatoms. The molecule has 1 N–H and O–H groups in total. The van der Waals surface area contributed by atoms with Gasteiger partial charge in [0.2, 0.25) is 0 Å². The van der Waals surface area contributed by atoms with Crippen LogP contribution in [0, 0.1) is 5.92 Å². The van der Waals surface area contributed by atoms with Gasteiger partial charge < -0.3 is 10.0 Å². The largest absolute Gasteiger partial charge is 0.481 e. The van der Waals surface area contributed by atoms with Gasteiger partial charge in [-0.25, -0.2) is 8.78 Å². The van der Waals surface area contributed by atoms with Crippen molar-refractivity contribution in [3.63, 3.8) is 0 Å². The third-order valence-corrected chi connectivity index (χ3v) is 2.62. The molecule has 98 valence electrons. The van der Waals surface area contributed by atoms with Crippen LogP contribution in [0.1, 0.15) is 12.8 Å². The molecular weight excluding hydrogens is 246 g/mol. The average molecular weight is 257 g/mol. The molecular formula is C9H11F4NO3. The van der Waals surface area contributed by atoms with E-state index in [1.807, 2.05) is 0 Å². The van der Waals surface area contributed by atoms with Crippen molar-refractivity contribution in [1.29, 1.82) is 0 Å². The SMILES string of the molecule is O=C(O)[C@@H]1CCCN(C(=O)C(F)(F)C(F)F)C1. The van der Waals surface area contributed by atoms with Gasteiger partial charge in [-0.2, -0.15) is 8.78 Å². The summed E-state index contributed by atoms with van der Waals surface area (Å²) >= 11 is 0. The number of amides is 1. The van der Waals surface area contributed by atoms with Crippen molar-refractivity contribution in [3.05, 3.63) is 0 Å². The van der Waals surface area contributed by atoms with E-state index in [2.05, 4.69) is 0 Å². The number of nitrogens with zero attached hydrogens (tertiary/aromatic N) is 1. The van der Waals surface area contributed by atoms with Crippen molar-refractivity contribution in [3.8, 4) is 0 Å². The van der Waals surface area contributed by atoms with E-state index >= 15 is 0 Å². The van der Waals surface area contributed by atoms with Gasteiger partial charge in [-0.3, -0.25) is 9.59 Å². The number of carboxylic acids is 1. The summed E-state index contributed by atoms with van der Waals surface area (Å²) in [6.07, 6.45) is -3.62. The van der Waals surface area contributed by atoms with E-state index in [-0.39, 0.29) is 19.4 Å². The lowest BCUT2D eigenvalue weighted by atomic mass is 9.98. The van der Waals surface area contributed by atoms with E-state index < -0.39 is 36.7 Å². The highest BCUT2D eigenvalue weighted by atomic mass is 19.3. The van der Waals surface area contributed by atoms with Crippen LogP contribution in [0.2, 0.25) is 0 Å². The zero-order valence-electron chi connectivity index (χ0n) is 8.71. The Morgan fingerprint density at radius 3 is 2.41 bits per heavy atom. The van der Waals surface area contributed by atoms with Gasteiger partial charge in [0.05, 0.1) is 5.92 Å². The van der Waals surface area contributed by atoms with Crippen LogP contribution in [0.15, 0.2) is 0 Å². The summed E-state index contributed by atoms with van der Waals surface area (Å²) in [5, 5.41) is 8.68. The van der Waals surface area contributed by atoms with Crippen molar-refractivity contribution in [2.75, 3.05) is 13.1 Å². The van der Waals surface area contributed by atoms with Gasteiger partial charge in [-0.1, -0.05) is 0 Å². The van der Waals surface area contributed by atoms with Crippen LogP contribution in [-0.4, -0.2) is 47.3 Å². The zero-order valence-corrected chi connectivity index (χ0v) is 8.71. The van der Waals surface area contributed by atoms with E-state index in [1.54, 1.807) is 0 Å². The van der Waals surface area contributed by atoms with Gasteiger partial charge in [0.15, 0.2) is 0 Å². The number of alkyl halides is 4. The first-order chi connectivity index (χ1) is 7.76. The number of aliphatic carboxylic acids is 1. The quantitative estimate of drug-likeness (QED) is 0.773. The van der Waals surface area contributed by atoms with Crippen molar-refractivity contribution in [2.45, 2.75) is 25.2 Å². The summed E-state index contributed by atoms with van der Waals surface area (Å²) in [5.41, 5.74) is 0. The minimum absolute atomic E-state index is 0.120. The number of hydrogen-bond acceptors (Lipinski definition) is 2. The molecule has 1 saturated heterocycles. The number of carbonyl (C=O) groups excluding carboxylic acids is 1. The average Bonchev–Trinajstić information content (AvgIpc) is 2.27. The van der Waals surface area contributed by atoms with Gasteiger partial charge in [0.25, 0.3) is 5.91 Å². The monoisotopic (exact) mass is 257 g/mol. The number of hydrogen-bond donors (Lipinski definition) is 1. The molecule has 1 rings (SSSR count). The summed E-state index contributed by atoms with van der Waals surface area (Å²) in [7, 11) is 0. The maximum Gasteiger partial charge on any atom is 0.383 e. The second-order valence-corrected chi connectivity index (χ2v) is 3.85. The fourth-order valence-corrected chi connectivity index (χ4v) is 1.67. The Morgan fingerprint density at radius 2 is 1.94 bits per heavy atom. The summed E-state index contributed by atoms with van der Waals surface area (Å²) in [6.45, 7) is -0.568. The van der Waals surface area contributed by atoms with Crippen molar-refractivity contribution in [2.24, 2.45) is 5.92 Å². The molecule has 0 spiro atoms. The molecule has 1 atom stereocenters. The summed E-state index contributed by atoms with van der Waals surface area (Å²) in [6, 6.07) is 0. The first kappa shape index (κ1) is 13.7. The number of piperidine rings is 1. The van der Waals surface area contributed by atoms with Gasteiger partial charge in [-0.05, 0) is 12.8 Å². The highest BCUT2D eigenvalue weighted by molar-refractivity contribution is 5.84. The molecule has 0 aliphatic carbocycles. The molecule has 0 saturated carbocycles. The zero-order chi connectivity index (χ0) is 13.2. The number of likely N-dealkylation sites (tertiary alicyclic amines) is 1. The van der Waals surface area contributed by atoms with Gasteiger partial charge >= 0.3 is 18.3 Å². The molecule has 1 heterocycles. The second kappa shape index (κ2) is 4.89. The molecule has 0 radical (unpaired) electrons. The van der Waals surface area contributed by atoms with Crippen molar-refractivity contribution in [1.82, 2.24) is 4.90 Å². The molecule has 0 unspecified atom stereocenters. The van der Waals surface area contributed by atoms with Crippen LogP contribution >= 0.6 is 0 Å². The summed E-state index contributed by atoms with van der Waals surface area (Å²) in [4.78, 5) is 22.3. The highest BCUT2D eigenvalue weighted by Gasteiger charge is 2.51. The molecule has 0 bridgehead atoms. The third-order valence-electron chi connectivity index (χ3n) is 2.62. The highest BCUT2D eigenvalue weighted by Crippen LogP contribution is 2.28. The predicted octanol–water partition coefficient (Wildman–Crippen LogP) is 1.21. The predicted molar refractivity (Wildman–Crippen MR) is 47.9 cm³/mol. The van der Waals surface area contributed by atoms with Crippen LogP contribution in [-0.2, 0) is 9.59 Å². The Morgan fingerprint density at radius 1 is 1.35 bits per heavy atom. The molecule has 4 nitrogen and oxygen atoms in total. The van der Waals surface area contributed by atoms with Gasteiger partial charge in [0, 0.05) is 13.1 Å². The van der Waals surface area contributed by atoms with Crippen LogP contribution in [0.4, 0.5) is 17.6 Å². The van der Waals surface area contributed by atoms with Gasteiger partial charge in [-0.15, -0.1) is 0 Å². The molecule has 1 fully saturated rings. The fraction of sp³-hybridized carbons (Fsp3) is 0.778. The van der Waals surface area contributed by atoms with E-state index in [9.17, 15) is 27.2 Å². The smallest absolute Gasteiger partial charge is 0.383 e. The fourth-order valence-electron chi connectivity index (χ4n) is 1.67. The number of halogens is 4. The first-order valence-corrected chi connectivity index (χ1v) is 4.95. The molecule has 17 heavy (non-hydrogen) atoms. The minimum Gasteiger partial charge on any atom is -0.481 e. The Labute approximate surface area is 94.2 Å². The van der Waals surface area contributed by atoms with E-state index in [0.29, 0.717) is 4.90 Å². The molecule has 0 aromatic carbocycles. The van der Waals surface area contributed by atoms with Crippen LogP contribution in [0.3, 0.4) is 0 Å². The Balaban J connectivity index is 2.73. The van der Waals surface area contributed by atoms with E-state index in [4.69, 9.17) is 5.11 Å². The van der Waals surface area contributed by atoms with Crippen LogP contribution in [0.5, 0.6) is 0 Å². The van der Waals surface area contributed by atoms with Crippen LogP contribution in [0.25, 0.3) is 0 Å². The molecule has 1 aliphatic rings. The number of carbonyl (C=O) groups is 2. The molecule has 1 amide bonds. The lowest BCUT2D eigenvalue weighted by molar-refractivity contribution is -0.182. The standard InChI is InChI=1S/C9H11F4NO3/c10-7(11)9(12,13)8(17)14-3-1-2-5(4-14)6(15)16/h5,7H,1-4H2,(H,15,16)/t5-/m1/s1. The van der Waals surface area contributed by atoms with Gasteiger partial charge in [0.1, 0.15) is 0 Å². The Hall–Kier alpha value is -1.34. The number of rotatable bonds is 3. The third kappa shape index (κ3) is 2.86. The van der Waals surface area contributed by atoms with Crippen molar-refractivity contribution < 1.29 is 32.3 Å². The second-order valence-electron chi connectivity index (χ2n) is 3.85. The first-order valence-electron chi connectivity index (χ1n) is 4.95. The maximum absolute atomic E-state index is 12.8. The number of carboxylic acid groups (broad SMARTS) is 1. The van der Waals surface area contributed by atoms with E-state index in [1.165, 1.54) is 0 Å². The summed E-state index contributed by atoms with van der Waals surface area (Å²) < 4.78 is 49.4. The Bertz CT molecular complexity index is 321. The molecule has 1 aliphatic heterocycles. The van der Waals surface area contributed by atoms with E-state index in [0.717, 1.165) is 0 Å². The van der Waals surface area contributed by atoms with Crippen molar-refractivity contribution >= 4 is 11.9 Å². The minimum atomic E-state index is -4.75. The molecule has 0 aromatic heterocycles. The normalized spacial score (nSPS) is 21.7. The maximum atomic E-state index is 12.8. The summed E-state index contributed by atoms with van der Waals surface area (Å²) in [5.74, 6) is -8.94. The molecule has 0 aromatic rings.